The van der Waals surface area contributed by atoms with Crippen molar-refractivity contribution in [2.45, 2.75) is 25.7 Å². The van der Waals surface area contributed by atoms with Crippen LogP contribution in [0.15, 0.2) is 76.7 Å². The smallest absolute Gasteiger partial charge is 0.264 e. The van der Waals surface area contributed by atoms with Crippen LogP contribution in [0.3, 0.4) is 0 Å². The first-order chi connectivity index (χ1) is 18.0. The average molecular weight is 539 g/mol. The Morgan fingerprint density at radius 1 is 0.921 bits per heavy atom. The molecule has 0 aliphatic carbocycles. The molecule has 3 rings (SSSR count). The van der Waals surface area contributed by atoms with Gasteiger partial charge in [0.05, 0.1) is 30.5 Å². The highest BCUT2D eigenvalue weighted by Crippen LogP contribution is 2.35. The Kier molecular flexibility index (Phi) is 9.08. The Balaban J connectivity index is 1.91. The molecule has 0 spiro atoms. The third kappa shape index (κ3) is 6.88. The van der Waals surface area contributed by atoms with Crippen LogP contribution in [-0.4, -0.2) is 46.7 Å². The number of carbonyl (C=O) groups is 2. The van der Waals surface area contributed by atoms with Crippen LogP contribution < -0.4 is 24.5 Å². The normalized spacial score (nSPS) is 11.4. The van der Waals surface area contributed by atoms with E-state index in [1.165, 1.54) is 39.3 Å². The van der Waals surface area contributed by atoms with Gasteiger partial charge in [-0.15, -0.1) is 0 Å². The first-order valence-electron chi connectivity index (χ1n) is 11.6. The third-order valence-corrected chi connectivity index (χ3v) is 7.30. The number of amides is 2. The zero-order valence-electron chi connectivity index (χ0n) is 21.8. The van der Waals surface area contributed by atoms with Crippen LogP contribution in [0.1, 0.15) is 25.0 Å². The van der Waals surface area contributed by atoms with E-state index in [2.05, 4.69) is 15.8 Å². The fourth-order valence-corrected chi connectivity index (χ4v) is 4.93. The predicted molar refractivity (Wildman–Crippen MR) is 146 cm³/mol. The number of sulfonamides is 1. The second kappa shape index (κ2) is 12.2. The average Bonchev–Trinajstić information content (AvgIpc) is 2.90. The number of benzene rings is 3. The lowest BCUT2D eigenvalue weighted by Crippen LogP contribution is -2.40. The Labute approximate surface area is 222 Å². The van der Waals surface area contributed by atoms with Crippen LogP contribution >= 0.6 is 0 Å². The highest BCUT2D eigenvalue weighted by Gasteiger charge is 2.30. The van der Waals surface area contributed by atoms with Crippen molar-refractivity contribution in [3.05, 3.63) is 77.9 Å². The van der Waals surface area contributed by atoms with Crippen molar-refractivity contribution >= 4 is 38.9 Å². The molecular weight excluding hydrogens is 508 g/mol. The van der Waals surface area contributed by atoms with Gasteiger partial charge in [-0.2, -0.15) is 5.10 Å². The van der Waals surface area contributed by atoms with Gasteiger partial charge in [0.2, 0.25) is 5.91 Å². The minimum atomic E-state index is -4.18. The van der Waals surface area contributed by atoms with E-state index in [9.17, 15) is 18.0 Å². The number of anilines is 2. The Morgan fingerprint density at radius 3 is 2.16 bits per heavy atom. The van der Waals surface area contributed by atoms with E-state index < -0.39 is 22.5 Å². The summed E-state index contributed by atoms with van der Waals surface area (Å²) < 4.78 is 39.0. The van der Waals surface area contributed by atoms with Crippen molar-refractivity contribution in [2.24, 2.45) is 5.10 Å². The summed E-state index contributed by atoms with van der Waals surface area (Å²) in [5.74, 6) is -0.219. The largest absolute Gasteiger partial charge is 0.497 e. The van der Waals surface area contributed by atoms with Crippen molar-refractivity contribution in [1.82, 2.24) is 5.43 Å². The molecular formula is C27H30N4O6S. The molecule has 0 radical (unpaired) electrons. The summed E-state index contributed by atoms with van der Waals surface area (Å²) in [6.45, 7) is 4.39. The molecule has 3 aromatic rings. The molecule has 0 heterocycles. The fraction of sp³-hybridized carbons (Fsp3) is 0.222. The van der Waals surface area contributed by atoms with Gasteiger partial charge in [-0.05, 0) is 55.8 Å². The van der Waals surface area contributed by atoms with Crippen molar-refractivity contribution in [1.29, 1.82) is 0 Å². The number of carbonyl (C=O) groups excluding carboxylic acids is 2. The molecule has 0 unspecified atom stereocenters. The maximum atomic E-state index is 13.7. The molecule has 2 N–H and O–H groups in total. The molecule has 2 amide bonds. The van der Waals surface area contributed by atoms with Crippen molar-refractivity contribution in [2.75, 3.05) is 30.4 Å². The van der Waals surface area contributed by atoms with E-state index >= 15 is 0 Å². The second-order valence-corrected chi connectivity index (χ2v) is 10.2. The van der Waals surface area contributed by atoms with Crippen LogP contribution in [0.4, 0.5) is 11.4 Å². The number of hydrogen-bond acceptors (Lipinski definition) is 7. The number of ether oxygens (including phenoxy) is 2. The minimum Gasteiger partial charge on any atom is -0.497 e. The van der Waals surface area contributed by atoms with Crippen molar-refractivity contribution in [3.63, 3.8) is 0 Å². The summed E-state index contributed by atoms with van der Waals surface area (Å²) in [7, 11) is -1.31. The highest BCUT2D eigenvalue weighted by molar-refractivity contribution is 7.92. The molecule has 0 fully saturated rings. The molecule has 0 bridgehead atoms. The summed E-state index contributed by atoms with van der Waals surface area (Å²) in [4.78, 5) is 24.2. The molecule has 0 aliphatic heterocycles. The van der Waals surface area contributed by atoms with Gasteiger partial charge in [0, 0.05) is 18.7 Å². The SMILES string of the molecule is COc1ccc(OC)c(N(CC(=O)N/N=C(/C)c2ccc(NC(C)=O)cc2)S(=O)(=O)c2ccc(C)cc2)c1. The lowest BCUT2D eigenvalue weighted by atomic mass is 10.1. The van der Waals surface area contributed by atoms with Crippen LogP contribution in [0.2, 0.25) is 0 Å². The molecule has 0 aliphatic rings. The van der Waals surface area contributed by atoms with E-state index in [-0.39, 0.29) is 22.2 Å². The minimum absolute atomic E-state index is 0.0136. The van der Waals surface area contributed by atoms with Gasteiger partial charge < -0.3 is 14.8 Å². The van der Waals surface area contributed by atoms with E-state index in [0.717, 1.165) is 9.87 Å². The number of aryl methyl sites for hydroxylation is 1. The summed E-state index contributed by atoms with van der Waals surface area (Å²) in [5, 5.41) is 6.80. The third-order valence-electron chi connectivity index (χ3n) is 5.52. The number of nitrogens with one attached hydrogen (secondary N) is 2. The van der Waals surface area contributed by atoms with E-state index in [0.29, 0.717) is 22.7 Å². The zero-order chi connectivity index (χ0) is 27.9. The molecule has 0 aromatic heterocycles. The van der Waals surface area contributed by atoms with Gasteiger partial charge >= 0.3 is 0 Å². The summed E-state index contributed by atoms with van der Waals surface area (Å²) in [6, 6.07) is 17.9. The van der Waals surface area contributed by atoms with E-state index in [1.54, 1.807) is 55.5 Å². The zero-order valence-corrected chi connectivity index (χ0v) is 22.6. The molecule has 200 valence electrons. The van der Waals surface area contributed by atoms with Gasteiger partial charge in [0.25, 0.3) is 15.9 Å². The van der Waals surface area contributed by atoms with E-state index in [1.807, 2.05) is 6.92 Å². The van der Waals surface area contributed by atoms with Crippen LogP contribution in [0.5, 0.6) is 11.5 Å². The predicted octanol–water partition coefficient (Wildman–Crippen LogP) is 3.71. The molecule has 0 atom stereocenters. The van der Waals surface area contributed by atoms with Crippen molar-refractivity contribution in [3.8, 4) is 11.5 Å². The number of nitrogens with zero attached hydrogens (tertiary/aromatic N) is 2. The van der Waals surface area contributed by atoms with Crippen LogP contribution in [0, 0.1) is 6.92 Å². The fourth-order valence-electron chi connectivity index (χ4n) is 3.50. The molecule has 10 nitrogen and oxygen atoms in total. The van der Waals surface area contributed by atoms with E-state index in [4.69, 9.17) is 9.47 Å². The Morgan fingerprint density at radius 2 is 1.58 bits per heavy atom. The molecule has 0 saturated carbocycles. The van der Waals surface area contributed by atoms with Crippen LogP contribution in [0.25, 0.3) is 0 Å². The Bertz CT molecular complexity index is 1440. The van der Waals surface area contributed by atoms with Gasteiger partial charge in [0.15, 0.2) is 0 Å². The first kappa shape index (κ1) is 28.2. The number of hydrogen-bond donors (Lipinski definition) is 2. The molecule has 38 heavy (non-hydrogen) atoms. The second-order valence-electron chi connectivity index (χ2n) is 8.35. The maximum Gasteiger partial charge on any atom is 0.264 e. The Hall–Kier alpha value is -4.38. The van der Waals surface area contributed by atoms with Gasteiger partial charge in [-0.1, -0.05) is 29.8 Å². The first-order valence-corrected chi connectivity index (χ1v) is 13.0. The molecule has 3 aromatic carbocycles. The highest BCUT2D eigenvalue weighted by atomic mass is 32.2. The van der Waals surface area contributed by atoms with Gasteiger partial charge in [0.1, 0.15) is 18.0 Å². The van der Waals surface area contributed by atoms with Crippen LogP contribution in [-0.2, 0) is 19.6 Å². The number of methoxy groups -OCH3 is 2. The number of rotatable bonds is 10. The topological polar surface area (TPSA) is 126 Å². The monoisotopic (exact) mass is 538 g/mol. The quantitative estimate of drug-likeness (QED) is 0.299. The molecule has 11 heteroatoms. The number of hydrazone groups is 1. The standard InChI is InChI=1S/C27H30N4O6S/c1-18-6-13-24(14-7-18)38(34,35)31(25-16-23(36-4)12-15-26(25)37-5)17-27(33)30-29-19(2)21-8-10-22(11-9-21)28-20(3)32/h6-16H,17H2,1-5H3,(H,28,32)(H,30,33)/b29-19-. The summed E-state index contributed by atoms with van der Waals surface area (Å²) >= 11 is 0. The van der Waals surface area contributed by atoms with Gasteiger partial charge in [-0.3, -0.25) is 13.9 Å². The molecule has 0 saturated heterocycles. The van der Waals surface area contributed by atoms with Crippen molar-refractivity contribution < 1.29 is 27.5 Å². The lowest BCUT2D eigenvalue weighted by molar-refractivity contribution is -0.119. The lowest BCUT2D eigenvalue weighted by Gasteiger charge is -2.25. The van der Waals surface area contributed by atoms with Gasteiger partial charge in [-0.25, -0.2) is 13.8 Å². The summed E-state index contributed by atoms with van der Waals surface area (Å²) in [6.07, 6.45) is 0. The summed E-state index contributed by atoms with van der Waals surface area (Å²) in [5.41, 5.74) is 5.27. The maximum absolute atomic E-state index is 13.7.